The van der Waals surface area contributed by atoms with Crippen LogP contribution in [0.25, 0.3) is 0 Å². The Hall–Kier alpha value is -1.62. The zero-order valence-corrected chi connectivity index (χ0v) is 12.3. The van der Waals surface area contributed by atoms with Gasteiger partial charge in [-0.05, 0) is 43.4 Å². The molecular formula is C15H24N4O. The van der Waals surface area contributed by atoms with Crippen molar-refractivity contribution in [3.63, 3.8) is 0 Å². The van der Waals surface area contributed by atoms with Crippen LogP contribution >= 0.6 is 0 Å². The second kappa shape index (κ2) is 6.70. The fraction of sp³-hybridized carbons (Fsp3) is 0.600. The van der Waals surface area contributed by atoms with Gasteiger partial charge in [-0.25, -0.2) is 4.98 Å². The van der Waals surface area contributed by atoms with E-state index < -0.39 is 0 Å². The highest BCUT2D eigenvalue weighted by atomic mass is 16.1. The Balaban J connectivity index is 1.90. The molecule has 0 aliphatic carbocycles. The summed E-state index contributed by atoms with van der Waals surface area (Å²) in [5.74, 6) is 1.64. The molecule has 1 aliphatic heterocycles. The minimum atomic E-state index is 0.0362. The van der Waals surface area contributed by atoms with E-state index >= 15 is 0 Å². The van der Waals surface area contributed by atoms with Gasteiger partial charge in [0.05, 0.1) is 0 Å². The number of amides is 1. The molecular weight excluding hydrogens is 252 g/mol. The van der Waals surface area contributed by atoms with Crippen LogP contribution < -0.4 is 16.0 Å². The van der Waals surface area contributed by atoms with E-state index in [1.54, 1.807) is 6.92 Å². The Morgan fingerprint density at radius 1 is 1.55 bits per heavy atom. The van der Waals surface area contributed by atoms with Crippen molar-refractivity contribution in [3.8, 4) is 0 Å². The molecule has 1 amide bonds. The third-order valence-electron chi connectivity index (χ3n) is 3.87. The van der Waals surface area contributed by atoms with Crippen molar-refractivity contribution in [2.24, 2.45) is 11.7 Å². The van der Waals surface area contributed by atoms with E-state index in [4.69, 9.17) is 5.73 Å². The van der Waals surface area contributed by atoms with Crippen LogP contribution in [0.4, 0.5) is 5.82 Å². The number of nitrogens with zero attached hydrogens (tertiary/aromatic N) is 2. The molecule has 1 aromatic rings. The first-order chi connectivity index (χ1) is 9.56. The molecule has 1 atom stereocenters. The molecule has 0 radical (unpaired) electrons. The standard InChI is InChI=1S/C15H24N4O/c1-11(16)14-3-6-17-15(9-14)19-7-4-13(5-8-19)10-18-12(2)20/h3,6,9,11,13H,4-5,7-8,10,16H2,1-2H3,(H,18,20)/t11-/m0/s1. The zero-order chi connectivity index (χ0) is 14.5. The smallest absolute Gasteiger partial charge is 0.216 e. The molecule has 1 aromatic heterocycles. The van der Waals surface area contributed by atoms with Gasteiger partial charge in [0.25, 0.3) is 0 Å². The average Bonchev–Trinajstić information content (AvgIpc) is 2.46. The molecule has 5 nitrogen and oxygen atoms in total. The summed E-state index contributed by atoms with van der Waals surface area (Å²) in [7, 11) is 0. The van der Waals surface area contributed by atoms with Gasteiger partial charge in [0.15, 0.2) is 0 Å². The van der Waals surface area contributed by atoms with E-state index in [2.05, 4.69) is 21.3 Å². The first kappa shape index (κ1) is 14.8. The molecule has 20 heavy (non-hydrogen) atoms. The lowest BCUT2D eigenvalue weighted by Gasteiger charge is -2.33. The quantitative estimate of drug-likeness (QED) is 0.873. The number of nitrogens with two attached hydrogens (primary N) is 1. The summed E-state index contributed by atoms with van der Waals surface area (Å²) < 4.78 is 0. The molecule has 5 heteroatoms. The van der Waals surface area contributed by atoms with Gasteiger partial charge in [0.1, 0.15) is 5.82 Å². The summed E-state index contributed by atoms with van der Waals surface area (Å²) in [5, 5.41) is 2.90. The van der Waals surface area contributed by atoms with E-state index in [-0.39, 0.29) is 11.9 Å². The Kier molecular flexibility index (Phi) is 4.95. The van der Waals surface area contributed by atoms with Gasteiger partial charge < -0.3 is 16.0 Å². The molecule has 0 saturated carbocycles. The Bertz CT molecular complexity index is 453. The maximum Gasteiger partial charge on any atom is 0.216 e. The number of carbonyl (C=O) groups excluding carboxylic acids is 1. The van der Waals surface area contributed by atoms with Gasteiger partial charge in [0.2, 0.25) is 5.91 Å². The van der Waals surface area contributed by atoms with Crippen molar-refractivity contribution in [1.29, 1.82) is 0 Å². The fourth-order valence-electron chi connectivity index (χ4n) is 2.54. The van der Waals surface area contributed by atoms with Gasteiger partial charge in [-0.2, -0.15) is 0 Å². The maximum atomic E-state index is 10.9. The fourth-order valence-corrected chi connectivity index (χ4v) is 2.54. The second-order valence-electron chi connectivity index (χ2n) is 5.60. The lowest BCUT2D eigenvalue weighted by atomic mass is 9.96. The van der Waals surface area contributed by atoms with Gasteiger partial charge in [-0.3, -0.25) is 4.79 Å². The average molecular weight is 276 g/mol. The number of nitrogens with one attached hydrogen (secondary N) is 1. The number of aromatic nitrogens is 1. The molecule has 3 N–H and O–H groups in total. The number of carbonyl (C=O) groups is 1. The van der Waals surface area contributed by atoms with Crippen molar-refractivity contribution in [2.75, 3.05) is 24.5 Å². The SMILES string of the molecule is CC(=O)NCC1CCN(c2cc([C@H](C)N)ccn2)CC1. The monoisotopic (exact) mass is 276 g/mol. The number of hydrogen-bond acceptors (Lipinski definition) is 4. The normalized spacial score (nSPS) is 17.9. The summed E-state index contributed by atoms with van der Waals surface area (Å²) >= 11 is 0. The van der Waals surface area contributed by atoms with E-state index in [9.17, 15) is 4.79 Å². The number of hydrogen-bond donors (Lipinski definition) is 2. The summed E-state index contributed by atoms with van der Waals surface area (Å²) in [6.07, 6.45) is 4.01. The molecule has 0 bridgehead atoms. The van der Waals surface area contributed by atoms with Crippen LogP contribution in [0.2, 0.25) is 0 Å². The van der Waals surface area contributed by atoms with Crippen molar-refractivity contribution < 1.29 is 4.79 Å². The minimum absolute atomic E-state index is 0.0362. The van der Waals surface area contributed by atoms with Crippen molar-refractivity contribution in [2.45, 2.75) is 32.7 Å². The molecule has 2 heterocycles. The molecule has 0 unspecified atom stereocenters. The Morgan fingerprint density at radius 2 is 2.25 bits per heavy atom. The highest BCUT2D eigenvalue weighted by Crippen LogP contribution is 2.23. The summed E-state index contributed by atoms with van der Waals surface area (Å²) in [4.78, 5) is 17.7. The molecule has 0 aromatic carbocycles. The van der Waals surface area contributed by atoms with Crippen LogP contribution in [0.1, 0.15) is 38.3 Å². The third-order valence-corrected chi connectivity index (χ3v) is 3.87. The molecule has 0 spiro atoms. The largest absolute Gasteiger partial charge is 0.357 e. The Labute approximate surface area is 120 Å². The Morgan fingerprint density at radius 3 is 2.85 bits per heavy atom. The highest BCUT2D eigenvalue weighted by molar-refractivity contribution is 5.72. The summed E-state index contributed by atoms with van der Waals surface area (Å²) in [5.41, 5.74) is 7.04. The van der Waals surface area contributed by atoms with E-state index in [1.807, 2.05) is 19.2 Å². The van der Waals surface area contributed by atoms with Crippen LogP contribution in [0.15, 0.2) is 18.3 Å². The van der Waals surface area contributed by atoms with E-state index in [0.717, 1.165) is 43.9 Å². The van der Waals surface area contributed by atoms with Crippen LogP contribution in [0.3, 0.4) is 0 Å². The minimum Gasteiger partial charge on any atom is -0.357 e. The summed E-state index contributed by atoms with van der Waals surface area (Å²) in [6.45, 7) is 6.31. The van der Waals surface area contributed by atoms with Gasteiger partial charge in [-0.15, -0.1) is 0 Å². The third kappa shape index (κ3) is 3.93. The molecule has 1 aliphatic rings. The first-order valence-corrected chi connectivity index (χ1v) is 7.27. The van der Waals surface area contributed by atoms with Crippen LogP contribution in [-0.2, 0) is 4.79 Å². The lowest BCUT2D eigenvalue weighted by molar-refractivity contribution is -0.119. The molecule has 1 saturated heterocycles. The summed E-state index contributed by atoms with van der Waals surface area (Å²) in [6, 6.07) is 4.09. The van der Waals surface area contributed by atoms with Gasteiger partial charge in [-0.1, -0.05) is 0 Å². The van der Waals surface area contributed by atoms with Gasteiger partial charge >= 0.3 is 0 Å². The predicted molar refractivity (Wildman–Crippen MR) is 80.5 cm³/mol. The number of pyridine rings is 1. The van der Waals surface area contributed by atoms with E-state index in [1.165, 1.54) is 0 Å². The second-order valence-corrected chi connectivity index (χ2v) is 5.60. The molecule has 1 fully saturated rings. The van der Waals surface area contributed by atoms with Gasteiger partial charge in [0, 0.05) is 38.8 Å². The number of anilines is 1. The van der Waals surface area contributed by atoms with E-state index in [0.29, 0.717) is 5.92 Å². The van der Waals surface area contributed by atoms with Crippen molar-refractivity contribution >= 4 is 11.7 Å². The van der Waals surface area contributed by atoms with Crippen LogP contribution in [-0.4, -0.2) is 30.5 Å². The first-order valence-electron chi connectivity index (χ1n) is 7.27. The van der Waals surface area contributed by atoms with Crippen molar-refractivity contribution in [3.05, 3.63) is 23.9 Å². The van der Waals surface area contributed by atoms with Crippen LogP contribution in [0.5, 0.6) is 0 Å². The topological polar surface area (TPSA) is 71.2 Å². The lowest BCUT2D eigenvalue weighted by Crippen LogP contribution is -2.38. The predicted octanol–water partition coefficient (Wildman–Crippen LogP) is 1.45. The molecule has 110 valence electrons. The van der Waals surface area contributed by atoms with Crippen LogP contribution in [0, 0.1) is 5.92 Å². The molecule has 2 rings (SSSR count). The zero-order valence-electron chi connectivity index (χ0n) is 12.3. The highest BCUT2D eigenvalue weighted by Gasteiger charge is 2.20. The number of rotatable bonds is 4. The van der Waals surface area contributed by atoms with Crippen molar-refractivity contribution in [1.82, 2.24) is 10.3 Å². The maximum absolute atomic E-state index is 10.9. The number of piperidine rings is 1.